The third-order valence-electron chi connectivity index (χ3n) is 4.48. The van der Waals surface area contributed by atoms with Gasteiger partial charge in [-0.2, -0.15) is 0 Å². The van der Waals surface area contributed by atoms with Crippen LogP contribution in [0.15, 0.2) is 0 Å². The Morgan fingerprint density at radius 1 is 1.14 bits per heavy atom. The van der Waals surface area contributed by atoms with Crippen LogP contribution in [-0.2, 0) is 9.45 Å². The monoisotopic (exact) mass is 295 g/mol. The van der Waals surface area contributed by atoms with Crippen LogP contribution in [0.25, 0.3) is 0 Å². The van der Waals surface area contributed by atoms with E-state index in [1.54, 1.807) is 14.7 Å². The highest BCUT2D eigenvalue weighted by Gasteiger charge is 2.23. The molecule has 1 aliphatic heterocycles. The minimum Gasteiger partial charge on any atom is -0.427 e. The lowest BCUT2D eigenvalue weighted by atomic mass is 9.89. The molecule has 0 bridgehead atoms. The summed E-state index contributed by atoms with van der Waals surface area (Å²) in [4.78, 5) is 16.7. The fourth-order valence-electron chi connectivity index (χ4n) is 3.05. The first-order valence-electron chi connectivity index (χ1n) is 7.98. The van der Waals surface area contributed by atoms with Gasteiger partial charge in [-0.1, -0.05) is 0 Å². The minimum absolute atomic E-state index is 0.180. The zero-order chi connectivity index (χ0) is 15.1. The minimum atomic E-state index is 0.180. The summed E-state index contributed by atoms with van der Waals surface area (Å²) in [6.07, 6.45) is 4.26. The predicted octanol–water partition coefficient (Wildman–Crippen LogP) is -0.569. The lowest BCUT2D eigenvalue weighted by molar-refractivity contribution is -0.123. The summed E-state index contributed by atoms with van der Waals surface area (Å²) in [6.45, 7) is 4.64. The molecule has 2 N–H and O–H groups in total. The van der Waals surface area contributed by atoms with Crippen molar-refractivity contribution in [2.75, 3.05) is 46.9 Å². The lowest BCUT2D eigenvalue weighted by Gasteiger charge is -2.33. The van der Waals surface area contributed by atoms with Crippen molar-refractivity contribution >= 4 is 13.5 Å². The van der Waals surface area contributed by atoms with Gasteiger partial charge in [-0.25, -0.2) is 0 Å². The number of hydrogen-bond acceptors (Lipinski definition) is 5. The van der Waals surface area contributed by atoms with Gasteiger partial charge >= 0.3 is 7.62 Å². The van der Waals surface area contributed by atoms with Gasteiger partial charge in [0.2, 0.25) is 5.91 Å². The van der Waals surface area contributed by atoms with Crippen molar-refractivity contribution in [3.63, 3.8) is 0 Å². The molecule has 2 rings (SSSR count). The second kappa shape index (κ2) is 8.73. The van der Waals surface area contributed by atoms with Gasteiger partial charge in [0.15, 0.2) is 0 Å². The fraction of sp³-hybridized carbons (Fsp3) is 0.929. The summed E-state index contributed by atoms with van der Waals surface area (Å²) in [6, 6.07) is 0.821. The Morgan fingerprint density at radius 3 is 2.38 bits per heavy atom. The Morgan fingerprint density at radius 2 is 1.76 bits per heavy atom. The van der Waals surface area contributed by atoms with Gasteiger partial charge in [-0.3, -0.25) is 9.69 Å². The number of amides is 1. The molecule has 0 spiro atoms. The van der Waals surface area contributed by atoms with E-state index in [9.17, 15) is 4.79 Å². The van der Waals surface area contributed by atoms with Crippen LogP contribution >= 0.6 is 0 Å². The van der Waals surface area contributed by atoms with Crippen molar-refractivity contribution in [2.24, 2.45) is 0 Å². The van der Waals surface area contributed by atoms with Crippen LogP contribution in [0.5, 0.6) is 0 Å². The van der Waals surface area contributed by atoms with Crippen LogP contribution in [0.2, 0.25) is 0 Å². The first-order chi connectivity index (χ1) is 10.2. The number of piperazine rings is 1. The zero-order valence-corrected chi connectivity index (χ0v) is 13.3. The maximum absolute atomic E-state index is 12.1. The molecule has 1 saturated carbocycles. The van der Waals surface area contributed by atoms with Crippen molar-refractivity contribution in [1.82, 2.24) is 20.3 Å². The van der Waals surface area contributed by atoms with Crippen LogP contribution in [-0.4, -0.2) is 82.3 Å². The molecular weight excluding hydrogens is 267 g/mol. The topological polar surface area (TPSA) is 56.8 Å². The molecule has 6 nitrogen and oxygen atoms in total. The molecule has 1 saturated heterocycles. The third kappa shape index (κ3) is 5.94. The summed E-state index contributed by atoms with van der Waals surface area (Å²) < 4.78 is 4.91. The number of rotatable bonds is 6. The predicted molar refractivity (Wildman–Crippen MR) is 84.0 cm³/mol. The highest BCUT2D eigenvalue weighted by atomic mass is 16.4. The highest BCUT2D eigenvalue weighted by molar-refractivity contribution is 6.23. The normalized spacial score (nSPS) is 28.3. The quantitative estimate of drug-likeness (QED) is 0.643. The summed E-state index contributed by atoms with van der Waals surface area (Å²) in [5.74, 6) is 0.180. The number of nitrogens with zero attached hydrogens (tertiary/aromatic N) is 2. The van der Waals surface area contributed by atoms with Crippen molar-refractivity contribution in [3.8, 4) is 0 Å². The largest absolute Gasteiger partial charge is 0.427 e. The number of nitrogens with one attached hydrogen (secondary N) is 2. The number of hydrogen-bond donors (Lipinski definition) is 2. The van der Waals surface area contributed by atoms with Gasteiger partial charge in [0.05, 0.1) is 6.54 Å². The summed E-state index contributed by atoms with van der Waals surface area (Å²) in [7, 11) is 5.43. The van der Waals surface area contributed by atoms with Crippen LogP contribution < -0.4 is 10.5 Å². The number of likely N-dealkylation sites (N-methyl/N-ethyl adjacent to an activating group) is 1. The average Bonchev–Trinajstić information content (AvgIpc) is 2.49. The van der Waals surface area contributed by atoms with Gasteiger partial charge in [-0.15, -0.1) is 0 Å². The molecule has 1 heterocycles. The van der Waals surface area contributed by atoms with Gasteiger partial charge < -0.3 is 20.1 Å². The van der Waals surface area contributed by atoms with E-state index in [0.717, 1.165) is 51.9 Å². The summed E-state index contributed by atoms with van der Waals surface area (Å²) >= 11 is 0. The van der Waals surface area contributed by atoms with Crippen molar-refractivity contribution in [2.45, 2.75) is 37.8 Å². The fourth-order valence-corrected chi connectivity index (χ4v) is 3.05. The molecule has 0 aromatic heterocycles. The lowest BCUT2D eigenvalue weighted by Crippen LogP contribution is -2.50. The van der Waals surface area contributed by atoms with Gasteiger partial charge in [0.1, 0.15) is 0 Å². The average molecular weight is 295 g/mol. The van der Waals surface area contributed by atoms with Crippen molar-refractivity contribution < 1.29 is 9.45 Å². The molecule has 7 heteroatoms. The molecule has 21 heavy (non-hydrogen) atoms. The Labute approximate surface area is 128 Å². The Bertz CT molecular complexity index is 316. The highest BCUT2D eigenvalue weighted by Crippen LogP contribution is 2.18. The van der Waals surface area contributed by atoms with E-state index in [-0.39, 0.29) is 5.91 Å². The van der Waals surface area contributed by atoms with Crippen molar-refractivity contribution in [3.05, 3.63) is 0 Å². The second-order valence-electron chi connectivity index (χ2n) is 6.22. The molecule has 2 fully saturated rings. The molecule has 119 valence electrons. The molecule has 1 aliphatic carbocycles. The first kappa shape index (κ1) is 16.7. The standard InChI is InChI=1S/C14H28BN4O2/c1-18-7-9-19(10-8-18)11-14(20)16-12-3-5-13(6-4-12)17-15-21-2/h12-13,17H,3-11H2,1-2H3,(H,16,20). The number of carbonyl (C=O) groups excluding carboxylic acids is 1. The number of carbonyl (C=O) groups is 1. The summed E-state index contributed by atoms with van der Waals surface area (Å²) in [5.41, 5.74) is 0. The van der Waals surface area contributed by atoms with Gasteiger partial charge in [0, 0.05) is 39.3 Å². The molecule has 0 aromatic rings. The van der Waals surface area contributed by atoms with E-state index in [1.165, 1.54) is 0 Å². The summed E-state index contributed by atoms with van der Waals surface area (Å²) in [5, 5.41) is 6.43. The van der Waals surface area contributed by atoms with Crippen LogP contribution in [0.3, 0.4) is 0 Å². The van der Waals surface area contributed by atoms with Crippen LogP contribution in [0.4, 0.5) is 0 Å². The first-order valence-corrected chi connectivity index (χ1v) is 7.98. The van der Waals surface area contributed by atoms with Gasteiger partial charge in [0.25, 0.3) is 0 Å². The maximum atomic E-state index is 12.1. The van der Waals surface area contributed by atoms with Crippen LogP contribution in [0, 0.1) is 0 Å². The van der Waals surface area contributed by atoms with E-state index >= 15 is 0 Å². The Hall–Kier alpha value is -0.625. The molecule has 0 atom stereocenters. The molecule has 1 amide bonds. The maximum Gasteiger partial charge on any atom is 0.395 e. The van der Waals surface area contributed by atoms with E-state index < -0.39 is 0 Å². The van der Waals surface area contributed by atoms with E-state index in [2.05, 4.69) is 27.4 Å². The second-order valence-corrected chi connectivity index (χ2v) is 6.22. The smallest absolute Gasteiger partial charge is 0.395 e. The van der Waals surface area contributed by atoms with Crippen molar-refractivity contribution in [1.29, 1.82) is 0 Å². The van der Waals surface area contributed by atoms with E-state index in [0.29, 0.717) is 18.6 Å². The van der Waals surface area contributed by atoms with E-state index in [4.69, 9.17) is 4.65 Å². The molecular formula is C14H28BN4O2. The molecule has 0 aromatic carbocycles. The molecule has 1 radical (unpaired) electrons. The third-order valence-corrected chi connectivity index (χ3v) is 4.48. The van der Waals surface area contributed by atoms with Crippen LogP contribution in [0.1, 0.15) is 25.7 Å². The molecule has 2 aliphatic rings. The zero-order valence-electron chi connectivity index (χ0n) is 13.3. The van der Waals surface area contributed by atoms with E-state index in [1.807, 2.05) is 0 Å². The SMILES string of the molecule is CO[B]NC1CCC(NC(=O)CN2CCN(C)CC2)CC1. The Balaban J connectivity index is 1.60. The Kier molecular flexibility index (Phi) is 6.96. The molecule has 0 unspecified atom stereocenters. The van der Waals surface area contributed by atoms with Gasteiger partial charge in [-0.05, 0) is 38.8 Å².